The zero-order chi connectivity index (χ0) is 14.8. The molecule has 20 heavy (non-hydrogen) atoms. The second kappa shape index (κ2) is 9.15. The van der Waals surface area contributed by atoms with Crippen LogP contribution >= 0.6 is 0 Å². The molecule has 0 radical (unpaired) electrons. The van der Waals surface area contributed by atoms with Crippen molar-refractivity contribution in [1.29, 1.82) is 0 Å². The Morgan fingerprint density at radius 3 is 2.70 bits per heavy atom. The number of rotatable bonds is 7. The van der Waals surface area contributed by atoms with Crippen LogP contribution in [0.2, 0.25) is 0 Å². The Morgan fingerprint density at radius 1 is 1.40 bits per heavy atom. The van der Waals surface area contributed by atoms with Gasteiger partial charge in [0.2, 0.25) is 0 Å². The first-order chi connectivity index (χ1) is 9.67. The van der Waals surface area contributed by atoms with Crippen molar-refractivity contribution in [3.05, 3.63) is 42.0 Å². The van der Waals surface area contributed by atoms with Gasteiger partial charge in [0.25, 0.3) is 0 Å². The largest absolute Gasteiger partial charge is 0.383 e. The van der Waals surface area contributed by atoms with Gasteiger partial charge in [-0.05, 0) is 19.4 Å². The molecule has 0 spiro atoms. The molecule has 1 aromatic rings. The van der Waals surface area contributed by atoms with E-state index in [0.717, 1.165) is 5.56 Å². The number of hydrogen-bond acceptors (Lipinski definition) is 2. The monoisotopic (exact) mass is 276 g/mol. The highest BCUT2D eigenvalue weighted by Crippen LogP contribution is 2.01. The van der Waals surface area contributed by atoms with E-state index < -0.39 is 0 Å². The lowest BCUT2D eigenvalue weighted by atomic mass is 10.2. The van der Waals surface area contributed by atoms with Crippen molar-refractivity contribution in [2.75, 3.05) is 26.8 Å². The van der Waals surface area contributed by atoms with Gasteiger partial charge in [-0.3, -0.25) is 0 Å². The van der Waals surface area contributed by atoms with Gasteiger partial charge in [-0.2, -0.15) is 0 Å². The number of carbonyl (C=O) groups is 1. The molecule has 110 valence electrons. The first kappa shape index (κ1) is 16.2. The third-order valence-electron chi connectivity index (χ3n) is 2.89. The summed E-state index contributed by atoms with van der Waals surface area (Å²) in [7, 11) is 1.63. The van der Waals surface area contributed by atoms with E-state index in [0.29, 0.717) is 19.7 Å². The Balaban J connectivity index is 2.46. The normalized spacial score (nSPS) is 12.3. The predicted octanol–water partition coefficient (Wildman–Crippen LogP) is 2.77. The van der Waals surface area contributed by atoms with Gasteiger partial charge in [-0.15, -0.1) is 0 Å². The third kappa shape index (κ3) is 5.89. The minimum atomic E-state index is -0.0604. The van der Waals surface area contributed by atoms with Gasteiger partial charge in [0, 0.05) is 20.2 Å². The molecule has 0 saturated carbocycles. The fourth-order valence-electron chi connectivity index (χ4n) is 1.83. The smallest absolute Gasteiger partial charge is 0.317 e. The predicted molar refractivity (Wildman–Crippen MR) is 82.6 cm³/mol. The quantitative estimate of drug-likeness (QED) is 0.832. The highest BCUT2D eigenvalue weighted by Gasteiger charge is 2.12. The number of nitrogens with one attached hydrogen (secondary N) is 1. The van der Waals surface area contributed by atoms with E-state index in [9.17, 15) is 4.79 Å². The number of methoxy groups -OCH3 is 1. The van der Waals surface area contributed by atoms with Crippen LogP contribution in [0.25, 0.3) is 6.08 Å². The van der Waals surface area contributed by atoms with Crippen molar-refractivity contribution < 1.29 is 9.53 Å². The van der Waals surface area contributed by atoms with Gasteiger partial charge < -0.3 is 15.0 Å². The van der Waals surface area contributed by atoms with E-state index in [2.05, 4.69) is 5.32 Å². The van der Waals surface area contributed by atoms with Crippen molar-refractivity contribution in [1.82, 2.24) is 10.2 Å². The molecule has 0 aliphatic heterocycles. The molecular weight excluding hydrogens is 252 g/mol. The van der Waals surface area contributed by atoms with Gasteiger partial charge in [0.15, 0.2) is 0 Å². The SMILES string of the molecule is CCN(CC=Cc1ccccc1)C(=O)NC(C)COC. The van der Waals surface area contributed by atoms with Crippen LogP contribution in [-0.2, 0) is 4.74 Å². The van der Waals surface area contributed by atoms with E-state index in [4.69, 9.17) is 4.74 Å². The standard InChI is InChI=1S/C16H24N2O2/c1-4-18(16(19)17-14(2)13-20-3)12-8-11-15-9-6-5-7-10-15/h5-11,14H,4,12-13H2,1-3H3,(H,17,19). The van der Waals surface area contributed by atoms with Gasteiger partial charge >= 0.3 is 6.03 Å². The fourth-order valence-corrected chi connectivity index (χ4v) is 1.83. The number of urea groups is 1. The average molecular weight is 276 g/mol. The van der Waals surface area contributed by atoms with Crippen LogP contribution in [0.4, 0.5) is 4.79 Å². The second-order valence-corrected chi connectivity index (χ2v) is 4.66. The Kier molecular flexibility index (Phi) is 7.43. The molecule has 4 nitrogen and oxygen atoms in total. The van der Waals surface area contributed by atoms with Gasteiger partial charge in [-0.25, -0.2) is 4.79 Å². The van der Waals surface area contributed by atoms with Crippen molar-refractivity contribution in [2.24, 2.45) is 0 Å². The molecule has 0 heterocycles. The lowest BCUT2D eigenvalue weighted by Gasteiger charge is -2.22. The minimum Gasteiger partial charge on any atom is -0.383 e. The topological polar surface area (TPSA) is 41.6 Å². The zero-order valence-electron chi connectivity index (χ0n) is 12.5. The molecule has 0 aliphatic carbocycles. The summed E-state index contributed by atoms with van der Waals surface area (Å²) in [6, 6.07) is 10.0. The highest BCUT2D eigenvalue weighted by atomic mass is 16.5. The van der Waals surface area contributed by atoms with Crippen LogP contribution in [0.1, 0.15) is 19.4 Å². The molecule has 0 aliphatic rings. The summed E-state index contributed by atoms with van der Waals surface area (Å²) >= 11 is 0. The minimum absolute atomic E-state index is 0.0136. The van der Waals surface area contributed by atoms with Crippen LogP contribution < -0.4 is 5.32 Å². The Morgan fingerprint density at radius 2 is 2.10 bits per heavy atom. The zero-order valence-corrected chi connectivity index (χ0v) is 12.5. The number of hydrogen-bond donors (Lipinski definition) is 1. The van der Waals surface area contributed by atoms with E-state index >= 15 is 0 Å². The first-order valence-electron chi connectivity index (χ1n) is 6.93. The van der Waals surface area contributed by atoms with Crippen LogP contribution in [0, 0.1) is 0 Å². The first-order valence-corrected chi connectivity index (χ1v) is 6.93. The second-order valence-electron chi connectivity index (χ2n) is 4.66. The Bertz CT molecular complexity index is 418. The molecule has 2 amide bonds. The van der Waals surface area contributed by atoms with Crippen molar-refractivity contribution >= 4 is 12.1 Å². The lowest BCUT2D eigenvalue weighted by Crippen LogP contribution is -2.45. The molecule has 4 heteroatoms. The Hall–Kier alpha value is -1.81. The van der Waals surface area contributed by atoms with Gasteiger partial charge in [0.1, 0.15) is 0 Å². The molecular formula is C16H24N2O2. The van der Waals surface area contributed by atoms with E-state index in [1.54, 1.807) is 12.0 Å². The lowest BCUT2D eigenvalue weighted by molar-refractivity contribution is 0.162. The maximum Gasteiger partial charge on any atom is 0.317 e. The summed E-state index contributed by atoms with van der Waals surface area (Å²) in [6.07, 6.45) is 4.02. The average Bonchev–Trinajstić information content (AvgIpc) is 2.44. The molecule has 0 aromatic heterocycles. The van der Waals surface area contributed by atoms with Crippen LogP contribution in [0.3, 0.4) is 0 Å². The maximum atomic E-state index is 12.0. The van der Waals surface area contributed by atoms with E-state index in [-0.39, 0.29) is 12.1 Å². The van der Waals surface area contributed by atoms with Crippen molar-refractivity contribution in [3.63, 3.8) is 0 Å². The fraction of sp³-hybridized carbons (Fsp3) is 0.438. The highest BCUT2D eigenvalue weighted by molar-refractivity contribution is 5.74. The molecule has 1 atom stereocenters. The molecule has 1 unspecified atom stereocenters. The van der Waals surface area contributed by atoms with Gasteiger partial charge in [-0.1, -0.05) is 42.5 Å². The molecule has 0 saturated heterocycles. The molecule has 1 N–H and O–H groups in total. The summed E-state index contributed by atoms with van der Waals surface area (Å²) in [5, 5.41) is 2.91. The molecule has 1 aromatic carbocycles. The number of likely N-dealkylation sites (N-methyl/N-ethyl adjacent to an activating group) is 1. The summed E-state index contributed by atoms with van der Waals surface area (Å²) in [5.41, 5.74) is 1.14. The number of benzene rings is 1. The van der Waals surface area contributed by atoms with Crippen LogP contribution in [0.5, 0.6) is 0 Å². The number of amides is 2. The molecule has 0 bridgehead atoms. The Labute approximate surface area is 121 Å². The van der Waals surface area contributed by atoms with Crippen molar-refractivity contribution in [3.8, 4) is 0 Å². The molecule has 0 fully saturated rings. The number of nitrogens with zero attached hydrogens (tertiary/aromatic N) is 1. The van der Waals surface area contributed by atoms with Crippen LogP contribution in [-0.4, -0.2) is 43.8 Å². The van der Waals surface area contributed by atoms with Crippen molar-refractivity contribution in [2.45, 2.75) is 19.9 Å². The number of carbonyl (C=O) groups excluding carboxylic acids is 1. The maximum absolute atomic E-state index is 12.0. The third-order valence-corrected chi connectivity index (χ3v) is 2.89. The summed E-state index contributed by atoms with van der Waals surface area (Å²) in [4.78, 5) is 13.8. The van der Waals surface area contributed by atoms with Gasteiger partial charge in [0.05, 0.1) is 12.6 Å². The summed E-state index contributed by atoms with van der Waals surface area (Å²) in [5.74, 6) is 0. The number of ether oxygens (including phenoxy) is 1. The van der Waals surface area contributed by atoms with E-state index in [1.807, 2.05) is 56.3 Å². The van der Waals surface area contributed by atoms with Crippen LogP contribution in [0.15, 0.2) is 36.4 Å². The molecule has 1 rings (SSSR count). The summed E-state index contributed by atoms with van der Waals surface area (Å²) < 4.78 is 5.01. The van der Waals surface area contributed by atoms with E-state index in [1.165, 1.54) is 0 Å². The summed E-state index contributed by atoms with van der Waals surface area (Å²) in [6.45, 7) is 5.68.